The molecule has 0 saturated heterocycles. The first-order chi connectivity index (χ1) is 2.64. The molecule has 0 aliphatic rings. The summed E-state index contributed by atoms with van der Waals surface area (Å²) in [6.07, 6.45) is 0. The topological polar surface area (TPSA) is 17.1 Å². The van der Waals surface area contributed by atoms with Crippen LogP contribution in [-0.4, -0.2) is 3.79 Å². The first kappa shape index (κ1) is 6.87. The van der Waals surface area contributed by atoms with Crippen LogP contribution in [0.5, 0.6) is 0 Å². The van der Waals surface area contributed by atoms with Crippen molar-refractivity contribution in [1.82, 2.24) is 0 Å². The Hall–Kier alpha value is 0.870. The number of hydrogen-bond donors (Lipinski definition) is 0. The fourth-order valence-electron chi connectivity index (χ4n) is 0. The second kappa shape index (κ2) is 2.95. The van der Waals surface area contributed by atoms with Gasteiger partial charge in [-0.25, -0.2) is 0 Å². The Morgan fingerprint density at radius 2 is 1.67 bits per heavy atom. The van der Waals surface area contributed by atoms with Crippen molar-refractivity contribution in [3.63, 3.8) is 0 Å². The van der Waals surface area contributed by atoms with Crippen LogP contribution in [0.2, 0.25) is 0 Å². The average Bonchev–Trinajstić information content (AvgIpc) is 1.36. The molecule has 0 unspecified atom stereocenters. The van der Waals surface area contributed by atoms with Gasteiger partial charge >= 0.3 is 0 Å². The smallest absolute Gasteiger partial charge is 0.227 e. The highest BCUT2D eigenvalue weighted by molar-refractivity contribution is 14.1. The summed E-state index contributed by atoms with van der Waals surface area (Å²) in [5.41, 5.74) is 0. The molecule has 0 aromatic rings. The molecule has 0 aromatic carbocycles. The van der Waals surface area contributed by atoms with Gasteiger partial charge in [0.2, 0.25) is 3.79 Å². The zero-order valence-electron chi connectivity index (χ0n) is 2.87. The summed E-state index contributed by atoms with van der Waals surface area (Å²) in [6, 6.07) is 0. The number of allylic oxidation sites excluding steroid dienone is 1. The first-order valence-corrected chi connectivity index (χ1v) is 3.34. The lowest BCUT2D eigenvalue weighted by Crippen LogP contribution is -1.75. The molecule has 0 aliphatic carbocycles. The zero-order chi connectivity index (χ0) is 5.15. The number of carbonyl (C=O) groups excluding carboxylic acids is 1. The molecule has 0 bridgehead atoms. The van der Waals surface area contributed by atoms with E-state index in [1.165, 1.54) is 0 Å². The van der Waals surface area contributed by atoms with Crippen LogP contribution in [0.15, 0.2) is 10.2 Å². The number of carbonyl (C=O) groups is 1. The maximum absolute atomic E-state index is 10.0. The van der Waals surface area contributed by atoms with Crippen molar-refractivity contribution in [2.45, 2.75) is 0 Å². The zero-order valence-corrected chi connectivity index (χ0v) is 7.19. The Bertz CT molecular complexity index is 74.8. The predicted molar refractivity (Wildman–Crippen MR) is 42.2 cm³/mol. The monoisotopic (exact) mass is 308 g/mol. The van der Waals surface area contributed by atoms with Gasteiger partial charge in [0, 0.05) is 22.6 Å². The lowest BCUT2D eigenvalue weighted by molar-refractivity contribution is -0.105. The minimum Gasteiger partial charge on any atom is -0.282 e. The summed E-state index contributed by atoms with van der Waals surface area (Å²) in [5.74, 6) is 0. The van der Waals surface area contributed by atoms with E-state index < -0.39 is 0 Å². The van der Waals surface area contributed by atoms with Gasteiger partial charge in [0.25, 0.3) is 0 Å². The van der Waals surface area contributed by atoms with Gasteiger partial charge in [-0.1, -0.05) is 6.58 Å². The molecule has 0 heterocycles. The van der Waals surface area contributed by atoms with Crippen molar-refractivity contribution in [2.75, 3.05) is 0 Å². The molecular weight excluding hydrogens is 306 g/mol. The molecule has 0 N–H and O–H groups in total. The predicted octanol–water partition coefficient (Wildman–Crippen LogP) is 1.90. The van der Waals surface area contributed by atoms with Crippen molar-refractivity contribution in [3.05, 3.63) is 10.2 Å². The molecule has 0 radical (unpaired) electrons. The van der Waals surface area contributed by atoms with Gasteiger partial charge in [0.1, 0.15) is 0 Å². The van der Waals surface area contributed by atoms with Gasteiger partial charge in [-0.05, 0) is 22.6 Å². The Balaban J connectivity index is 3.57. The van der Waals surface area contributed by atoms with E-state index >= 15 is 0 Å². The lowest BCUT2D eigenvalue weighted by Gasteiger charge is -1.75. The molecule has 3 heteroatoms. The van der Waals surface area contributed by atoms with Crippen molar-refractivity contribution in [3.8, 4) is 0 Å². The maximum atomic E-state index is 10.0. The van der Waals surface area contributed by atoms with Gasteiger partial charge in [-0.2, -0.15) is 0 Å². The van der Waals surface area contributed by atoms with Gasteiger partial charge in [0.05, 0.1) is 3.58 Å². The van der Waals surface area contributed by atoms with Crippen LogP contribution in [0.25, 0.3) is 0 Å². The molecule has 0 spiro atoms. The van der Waals surface area contributed by atoms with E-state index in [0.29, 0.717) is 3.58 Å². The van der Waals surface area contributed by atoms with Crippen LogP contribution in [0.1, 0.15) is 0 Å². The fraction of sp³-hybridized carbons (Fsp3) is 0. The molecule has 1 nitrogen and oxygen atoms in total. The van der Waals surface area contributed by atoms with Crippen molar-refractivity contribution in [2.24, 2.45) is 0 Å². The van der Waals surface area contributed by atoms with E-state index in [4.69, 9.17) is 0 Å². The van der Waals surface area contributed by atoms with E-state index in [1.807, 2.05) is 22.6 Å². The molecule has 0 fully saturated rings. The minimum atomic E-state index is 0.0215. The van der Waals surface area contributed by atoms with E-state index in [2.05, 4.69) is 6.58 Å². The normalized spacial score (nSPS) is 7.67. The summed E-state index contributed by atoms with van der Waals surface area (Å²) in [7, 11) is 0. The largest absolute Gasteiger partial charge is 0.282 e. The number of halogens is 2. The van der Waals surface area contributed by atoms with Gasteiger partial charge in [0.15, 0.2) is 0 Å². The summed E-state index contributed by atoms with van der Waals surface area (Å²) in [6.45, 7) is 3.38. The van der Waals surface area contributed by atoms with Crippen molar-refractivity contribution < 1.29 is 4.79 Å². The highest BCUT2D eigenvalue weighted by Crippen LogP contribution is 2.06. The average molecular weight is 308 g/mol. The molecule has 0 rings (SSSR count). The van der Waals surface area contributed by atoms with Gasteiger partial charge in [-0.15, -0.1) is 0 Å². The van der Waals surface area contributed by atoms with E-state index in [-0.39, 0.29) is 3.79 Å². The number of rotatable bonds is 1. The maximum Gasteiger partial charge on any atom is 0.227 e. The molecule has 34 valence electrons. The Labute approximate surface area is 63.5 Å². The standard InChI is InChI=1S/C3H2I2O/c1-2(4)3(5)6/h1H2. The SMILES string of the molecule is C=C(I)C(=O)I. The van der Waals surface area contributed by atoms with E-state index in [0.717, 1.165) is 0 Å². The first-order valence-electron chi connectivity index (χ1n) is 1.19. The van der Waals surface area contributed by atoms with E-state index in [1.54, 1.807) is 22.6 Å². The fourth-order valence-corrected chi connectivity index (χ4v) is 0. The van der Waals surface area contributed by atoms with Crippen LogP contribution in [-0.2, 0) is 4.79 Å². The third-order valence-electron chi connectivity index (χ3n) is 0.213. The summed E-state index contributed by atoms with van der Waals surface area (Å²) in [4.78, 5) is 10.0. The van der Waals surface area contributed by atoms with Crippen molar-refractivity contribution in [1.29, 1.82) is 0 Å². The molecule has 0 aliphatic heterocycles. The molecule has 0 aromatic heterocycles. The number of hydrogen-bond acceptors (Lipinski definition) is 1. The van der Waals surface area contributed by atoms with Crippen LogP contribution in [0, 0.1) is 0 Å². The Morgan fingerprint density at radius 3 is 1.67 bits per heavy atom. The minimum absolute atomic E-state index is 0.0215. The quantitative estimate of drug-likeness (QED) is 0.411. The Morgan fingerprint density at radius 1 is 1.50 bits per heavy atom. The molecule has 0 atom stereocenters. The summed E-state index contributed by atoms with van der Waals surface area (Å²) < 4.78 is 0.599. The third-order valence-corrected chi connectivity index (χ3v) is 2.39. The second-order valence-corrected chi connectivity index (χ2v) is 2.96. The molecular formula is C3H2I2O. The van der Waals surface area contributed by atoms with Crippen molar-refractivity contribution >= 4 is 49.0 Å². The second-order valence-electron chi connectivity index (χ2n) is 0.679. The highest BCUT2D eigenvalue weighted by atomic mass is 127. The Kier molecular flexibility index (Phi) is 3.38. The lowest BCUT2D eigenvalue weighted by atomic mass is 10.7. The van der Waals surface area contributed by atoms with Gasteiger partial charge in [-0.3, -0.25) is 4.79 Å². The van der Waals surface area contributed by atoms with Crippen LogP contribution < -0.4 is 0 Å². The van der Waals surface area contributed by atoms with Crippen LogP contribution in [0.3, 0.4) is 0 Å². The van der Waals surface area contributed by atoms with Gasteiger partial charge < -0.3 is 0 Å². The molecule has 0 amide bonds. The van der Waals surface area contributed by atoms with Crippen LogP contribution >= 0.6 is 45.2 Å². The van der Waals surface area contributed by atoms with E-state index in [9.17, 15) is 4.79 Å². The highest BCUT2D eigenvalue weighted by Gasteiger charge is 1.91. The summed E-state index contributed by atoms with van der Waals surface area (Å²) in [5, 5.41) is 0. The van der Waals surface area contributed by atoms with Crippen LogP contribution in [0.4, 0.5) is 0 Å². The third kappa shape index (κ3) is 3.08. The summed E-state index contributed by atoms with van der Waals surface area (Å²) >= 11 is 3.57. The molecule has 0 saturated carbocycles. The molecule has 6 heavy (non-hydrogen) atoms.